The summed E-state index contributed by atoms with van der Waals surface area (Å²) in [6.45, 7) is 9.27. The Labute approximate surface area is 168 Å². The second kappa shape index (κ2) is 7.40. The number of methoxy groups -OCH3 is 1. The van der Waals surface area contributed by atoms with Crippen LogP contribution < -0.4 is 0 Å². The number of likely N-dealkylation sites (tertiary alicyclic amines) is 1. The summed E-state index contributed by atoms with van der Waals surface area (Å²) in [6.07, 6.45) is -1.01. The molecule has 2 aliphatic rings. The van der Waals surface area contributed by atoms with Crippen LogP contribution in [0.25, 0.3) is 11.3 Å². The SMILES string of the molecule is COCCN1C[C@@H]2[C@H](C1)[C@H]2n1cc(-c2cnc(C)c(C(F)(F)F)c2)nc1C(C)C. The summed E-state index contributed by atoms with van der Waals surface area (Å²) in [6, 6.07) is 1.55. The van der Waals surface area contributed by atoms with Crippen molar-refractivity contribution < 1.29 is 17.9 Å². The van der Waals surface area contributed by atoms with Gasteiger partial charge in [0.25, 0.3) is 0 Å². The van der Waals surface area contributed by atoms with Gasteiger partial charge in [0.05, 0.1) is 17.9 Å². The summed E-state index contributed by atoms with van der Waals surface area (Å²) in [5.74, 6) is 2.27. The molecule has 0 radical (unpaired) electrons. The quantitative estimate of drug-likeness (QED) is 0.720. The van der Waals surface area contributed by atoms with Crippen molar-refractivity contribution in [2.24, 2.45) is 11.8 Å². The summed E-state index contributed by atoms with van der Waals surface area (Å²) in [5, 5.41) is 0. The van der Waals surface area contributed by atoms with Crippen LogP contribution in [0.2, 0.25) is 0 Å². The van der Waals surface area contributed by atoms with E-state index >= 15 is 0 Å². The van der Waals surface area contributed by atoms with Gasteiger partial charge >= 0.3 is 6.18 Å². The molecule has 1 saturated carbocycles. The number of aromatic nitrogens is 3. The van der Waals surface area contributed by atoms with Gasteiger partial charge in [0.1, 0.15) is 5.82 Å². The van der Waals surface area contributed by atoms with Gasteiger partial charge < -0.3 is 14.2 Å². The van der Waals surface area contributed by atoms with Crippen LogP contribution in [0.5, 0.6) is 0 Å². The molecule has 0 N–H and O–H groups in total. The van der Waals surface area contributed by atoms with E-state index in [4.69, 9.17) is 9.72 Å². The van der Waals surface area contributed by atoms with Crippen molar-refractivity contribution in [2.45, 2.75) is 38.9 Å². The van der Waals surface area contributed by atoms with Crippen LogP contribution in [0.1, 0.15) is 42.9 Å². The number of hydrogen-bond donors (Lipinski definition) is 0. The molecule has 0 amide bonds. The third kappa shape index (κ3) is 3.80. The molecule has 0 bridgehead atoms. The van der Waals surface area contributed by atoms with Gasteiger partial charge in [-0.25, -0.2) is 4.98 Å². The van der Waals surface area contributed by atoms with Crippen LogP contribution in [0, 0.1) is 18.8 Å². The third-order valence-electron chi connectivity index (χ3n) is 6.12. The Kier molecular flexibility index (Phi) is 5.19. The minimum absolute atomic E-state index is 0.0161. The van der Waals surface area contributed by atoms with Gasteiger partial charge in [-0.15, -0.1) is 0 Å². The first-order valence-electron chi connectivity index (χ1n) is 10.0. The molecule has 1 aliphatic carbocycles. The van der Waals surface area contributed by atoms with E-state index in [1.54, 1.807) is 7.11 Å². The van der Waals surface area contributed by atoms with Crippen LogP contribution in [-0.4, -0.2) is 52.8 Å². The maximum absolute atomic E-state index is 13.3. The molecular formula is C21H27F3N4O. The van der Waals surface area contributed by atoms with Crippen LogP contribution in [0.15, 0.2) is 18.5 Å². The van der Waals surface area contributed by atoms with Crippen LogP contribution >= 0.6 is 0 Å². The van der Waals surface area contributed by atoms with Crippen molar-refractivity contribution in [3.05, 3.63) is 35.5 Å². The molecule has 29 heavy (non-hydrogen) atoms. The molecule has 4 rings (SSSR count). The first kappa shape index (κ1) is 20.3. The van der Waals surface area contributed by atoms with E-state index in [0.29, 0.717) is 29.1 Å². The molecule has 0 spiro atoms. The minimum atomic E-state index is -4.42. The minimum Gasteiger partial charge on any atom is -0.383 e. The predicted molar refractivity (Wildman–Crippen MR) is 104 cm³/mol. The molecular weight excluding hydrogens is 381 g/mol. The van der Waals surface area contributed by atoms with Crippen molar-refractivity contribution >= 4 is 0 Å². The zero-order valence-corrected chi connectivity index (χ0v) is 17.2. The molecule has 1 aliphatic heterocycles. The number of aryl methyl sites for hydroxylation is 1. The largest absolute Gasteiger partial charge is 0.418 e. The lowest BCUT2D eigenvalue weighted by molar-refractivity contribution is -0.138. The Morgan fingerprint density at radius 2 is 1.93 bits per heavy atom. The normalized spacial score (nSPS) is 24.3. The Bertz CT molecular complexity index is 881. The maximum Gasteiger partial charge on any atom is 0.418 e. The average molecular weight is 408 g/mol. The number of fused-ring (bicyclic) bond motifs is 1. The number of nitrogens with zero attached hydrogens (tertiary/aromatic N) is 4. The number of hydrogen-bond acceptors (Lipinski definition) is 4. The topological polar surface area (TPSA) is 43.2 Å². The van der Waals surface area contributed by atoms with Crippen molar-refractivity contribution in [3.8, 4) is 11.3 Å². The molecule has 158 valence electrons. The number of alkyl halides is 3. The van der Waals surface area contributed by atoms with Crippen LogP contribution in [-0.2, 0) is 10.9 Å². The first-order valence-corrected chi connectivity index (χ1v) is 10.0. The molecule has 3 atom stereocenters. The van der Waals surface area contributed by atoms with E-state index < -0.39 is 11.7 Å². The van der Waals surface area contributed by atoms with E-state index in [2.05, 4.69) is 28.3 Å². The lowest BCUT2D eigenvalue weighted by Crippen LogP contribution is -2.28. The fourth-order valence-corrected chi connectivity index (χ4v) is 4.57. The van der Waals surface area contributed by atoms with Crippen molar-refractivity contribution in [2.75, 3.05) is 33.4 Å². The molecule has 2 aromatic heterocycles. The highest BCUT2D eigenvalue weighted by atomic mass is 19.4. The Morgan fingerprint density at radius 1 is 1.24 bits per heavy atom. The lowest BCUT2D eigenvalue weighted by atomic mass is 10.1. The number of rotatable bonds is 6. The Balaban J connectivity index is 1.60. The summed E-state index contributed by atoms with van der Waals surface area (Å²) in [7, 11) is 1.71. The highest BCUT2D eigenvalue weighted by Gasteiger charge is 2.57. The third-order valence-corrected chi connectivity index (χ3v) is 6.12. The van der Waals surface area contributed by atoms with Gasteiger partial charge in [0, 0.05) is 62.4 Å². The number of pyridine rings is 1. The molecule has 0 aromatic carbocycles. The lowest BCUT2D eigenvalue weighted by Gasteiger charge is -2.20. The molecule has 2 aromatic rings. The van der Waals surface area contributed by atoms with Gasteiger partial charge in [-0.1, -0.05) is 13.8 Å². The number of halogens is 3. The molecule has 3 heterocycles. The Morgan fingerprint density at radius 3 is 2.52 bits per heavy atom. The predicted octanol–water partition coefficient (Wildman–Crippen LogP) is 4.14. The van der Waals surface area contributed by atoms with E-state index in [9.17, 15) is 13.2 Å². The summed E-state index contributed by atoms with van der Waals surface area (Å²) >= 11 is 0. The fourth-order valence-electron chi connectivity index (χ4n) is 4.57. The van der Waals surface area contributed by atoms with Gasteiger partial charge in [-0.05, 0) is 24.8 Å². The number of ether oxygens (including phenoxy) is 1. The van der Waals surface area contributed by atoms with Gasteiger partial charge in [-0.2, -0.15) is 13.2 Å². The van der Waals surface area contributed by atoms with Gasteiger partial charge in [-0.3, -0.25) is 4.98 Å². The zero-order chi connectivity index (χ0) is 20.9. The average Bonchev–Trinajstić information content (AvgIpc) is 3.00. The van der Waals surface area contributed by atoms with Crippen molar-refractivity contribution in [1.82, 2.24) is 19.4 Å². The molecule has 2 fully saturated rings. The fraction of sp³-hybridized carbons (Fsp3) is 0.619. The summed E-state index contributed by atoms with van der Waals surface area (Å²) in [4.78, 5) is 11.1. The summed E-state index contributed by atoms with van der Waals surface area (Å²) < 4.78 is 47.3. The number of piperidine rings is 1. The molecule has 0 unspecified atom stereocenters. The monoisotopic (exact) mass is 408 g/mol. The first-order chi connectivity index (χ1) is 13.7. The molecule has 8 heteroatoms. The van der Waals surface area contributed by atoms with Crippen LogP contribution in [0.4, 0.5) is 13.2 Å². The van der Waals surface area contributed by atoms with E-state index in [1.807, 2.05) is 6.20 Å². The Hall–Kier alpha value is -1.93. The van der Waals surface area contributed by atoms with Gasteiger partial charge in [0.15, 0.2) is 0 Å². The summed E-state index contributed by atoms with van der Waals surface area (Å²) in [5.41, 5.74) is 0.259. The van der Waals surface area contributed by atoms with E-state index in [1.165, 1.54) is 19.2 Å². The van der Waals surface area contributed by atoms with Crippen LogP contribution in [0.3, 0.4) is 0 Å². The maximum atomic E-state index is 13.3. The van der Waals surface area contributed by atoms with Crippen molar-refractivity contribution in [1.29, 1.82) is 0 Å². The highest BCUT2D eigenvalue weighted by molar-refractivity contribution is 5.59. The smallest absolute Gasteiger partial charge is 0.383 e. The standard InChI is InChI=1S/C21H27F3N4O/c1-12(2)20-26-18(14-7-17(21(22,23)24)13(3)25-8-14)11-28(20)19-15-9-27(5-6-29-4)10-16(15)19/h7-8,11-12,15-16,19H,5-6,9-10H2,1-4H3/t15-,16+,19+. The highest BCUT2D eigenvalue weighted by Crippen LogP contribution is 2.56. The molecule has 1 saturated heterocycles. The van der Waals surface area contributed by atoms with E-state index in [0.717, 1.165) is 32.1 Å². The zero-order valence-electron chi connectivity index (χ0n) is 17.2. The van der Waals surface area contributed by atoms with Gasteiger partial charge in [0.2, 0.25) is 0 Å². The number of imidazole rings is 1. The second-order valence-electron chi connectivity index (χ2n) is 8.47. The van der Waals surface area contributed by atoms with Crippen molar-refractivity contribution in [3.63, 3.8) is 0 Å². The molecule has 5 nitrogen and oxygen atoms in total. The van der Waals surface area contributed by atoms with E-state index in [-0.39, 0.29) is 11.6 Å². The second-order valence-corrected chi connectivity index (χ2v) is 8.47.